The van der Waals surface area contributed by atoms with Crippen LogP contribution in [0.5, 0.6) is 0 Å². The van der Waals surface area contributed by atoms with Crippen LogP contribution in [0.1, 0.15) is 19.4 Å². The van der Waals surface area contributed by atoms with E-state index in [0.717, 1.165) is 17.6 Å². The zero-order valence-electron chi connectivity index (χ0n) is 12.2. The molecule has 1 fully saturated rings. The Kier molecular flexibility index (Phi) is 4.23. The molecule has 2 rings (SSSR count). The summed E-state index contributed by atoms with van der Waals surface area (Å²) in [5.41, 5.74) is 2.52. The van der Waals surface area contributed by atoms with Crippen molar-refractivity contribution in [1.29, 1.82) is 0 Å². The predicted molar refractivity (Wildman–Crippen MR) is 83.8 cm³/mol. The average Bonchev–Trinajstić information content (AvgIpc) is 2.32. The predicted octanol–water partition coefficient (Wildman–Crippen LogP) is 2.65. The molecule has 0 spiro atoms. The zero-order chi connectivity index (χ0) is 14.2. The van der Waals surface area contributed by atoms with E-state index in [4.69, 9.17) is 0 Å². The van der Waals surface area contributed by atoms with Gasteiger partial charge in [-0.25, -0.2) is 0 Å². The highest BCUT2D eigenvalue weighted by molar-refractivity contribution is 9.10. The second kappa shape index (κ2) is 5.43. The minimum absolute atomic E-state index is 0.107. The summed E-state index contributed by atoms with van der Waals surface area (Å²) in [6.07, 6.45) is 0. The lowest BCUT2D eigenvalue weighted by Gasteiger charge is -2.50. The topological polar surface area (TPSA) is 26.7 Å². The molecule has 1 aromatic rings. The fourth-order valence-electron chi connectivity index (χ4n) is 2.61. The molecule has 0 bridgehead atoms. The second-order valence-corrected chi connectivity index (χ2v) is 6.97. The van der Waals surface area contributed by atoms with Crippen molar-refractivity contribution < 1.29 is 5.11 Å². The van der Waals surface area contributed by atoms with E-state index in [1.807, 2.05) is 0 Å². The lowest BCUT2D eigenvalue weighted by molar-refractivity contribution is 0.0932. The first-order chi connectivity index (χ1) is 8.85. The van der Waals surface area contributed by atoms with E-state index in [0.29, 0.717) is 0 Å². The quantitative estimate of drug-likeness (QED) is 0.905. The molecule has 0 radical (unpaired) electrons. The zero-order valence-corrected chi connectivity index (χ0v) is 13.7. The first kappa shape index (κ1) is 14.8. The van der Waals surface area contributed by atoms with Crippen LogP contribution in [0.2, 0.25) is 0 Å². The number of anilines is 1. The van der Waals surface area contributed by atoms with Gasteiger partial charge in [-0.15, -0.1) is 0 Å². The van der Waals surface area contributed by atoms with Crippen LogP contribution < -0.4 is 4.90 Å². The van der Waals surface area contributed by atoms with Crippen LogP contribution in [-0.4, -0.2) is 48.3 Å². The van der Waals surface area contributed by atoms with Crippen LogP contribution in [0.25, 0.3) is 0 Å². The molecule has 0 aliphatic carbocycles. The van der Waals surface area contributed by atoms with Gasteiger partial charge in [0.25, 0.3) is 0 Å². The molecule has 1 unspecified atom stereocenters. The fraction of sp³-hybridized carbons (Fsp3) is 0.600. The van der Waals surface area contributed by atoms with Crippen LogP contribution in [0, 0.1) is 6.92 Å². The third kappa shape index (κ3) is 2.96. The van der Waals surface area contributed by atoms with Gasteiger partial charge in [0.2, 0.25) is 0 Å². The van der Waals surface area contributed by atoms with E-state index < -0.39 is 0 Å². The Balaban J connectivity index is 2.35. The standard InChI is InChI=1S/C15H23BrN2O/c1-11-5-6-14(13(16)7-11)18-10-15(2,3)17(4)8-12(18)9-19/h5-7,12,19H,8-10H2,1-4H3. The molecule has 1 saturated heterocycles. The van der Waals surface area contributed by atoms with Gasteiger partial charge in [-0.2, -0.15) is 0 Å². The largest absolute Gasteiger partial charge is 0.394 e. The van der Waals surface area contributed by atoms with Crippen molar-refractivity contribution in [2.45, 2.75) is 32.4 Å². The Labute approximate surface area is 124 Å². The van der Waals surface area contributed by atoms with Gasteiger partial charge in [-0.1, -0.05) is 6.07 Å². The smallest absolute Gasteiger partial charge is 0.0649 e. The number of benzene rings is 1. The highest BCUT2D eigenvalue weighted by Crippen LogP contribution is 2.33. The van der Waals surface area contributed by atoms with Gasteiger partial charge < -0.3 is 10.0 Å². The van der Waals surface area contributed by atoms with Gasteiger partial charge in [-0.3, -0.25) is 4.90 Å². The molecule has 0 amide bonds. The molecule has 1 atom stereocenters. The van der Waals surface area contributed by atoms with Crippen LogP contribution in [0.3, 0.4) is 0 Å². The van der Waals surface area contributed by atoms with Gasteiger partial charge in [0, 0.05) is 23.1 Å². The van der Waals surface area contributed by atoms with Crippen LogP contribution in [0.4, 0.5) is 5.69 Å². The molecule has 1 aliphatic rings. The molecule has 19 heavy (non-hydrogen) atoms. The summed E-state index contributed by atoms with van der Waals surface area (Å²) in [5.74, 6) is 0. The van der Waals surface area contributed by atoms with Crippen molar-refractivity contribution in [1.82, 2.24) is 4.90 Å². The fourth-order valence-corrected chi connectivity index (χ4v) is 3.33. The monoisotopic (exact) mass is 326 g/mol. The Bertz CT molecular complexity index is 461. The van der Waals surface area contributed by atoms with Crippen LogP contribution in [-0.2, 0) is 0 Å². The van der Waals surface area contributed by atoms with Gasteiger partial charge in [0.15, 0.2) is 0 Å². The third-order valence-electron chi connectivity index (χ3n) is 4.14. The van der Waals surface area contributed by atoms with E-state index >= 15 is 0 Å². The van der Waals surface area contributed by atoms with E-state index in [-0.39, 0.29) is 18.2 Å². The lowest BCUT2D eigenvalue weighted by Crippen LogP contribution is -2.63. The molecular formula is C15H23BrN2O. The van der Waals surface area contributed by atoms with Crippen molar-refractivity contribution in [3.8, 4) is 0 Å². The van der Waals surface area contributed by atoms with Crippen molar-refractivity contribution in [2.24, 2.45) is 0 Å². The maximum atomic E-state index is 9.67. The molecule has 4 heteroatoms. The summed E-state index contributed by atoms with van der Waals surface area (Å²) in [5, 5.41) is 9.67. The summed E-state index contributed by atoms with van der Waals surface area (Å²) in [7, 11) is 2.13. The number of nitrogens with zero attached hydrogens (tertiary/aromatic N) is 2. The van der Waals surface area contributed by atoms with Gasteiger partial charge in [-0.05, 0) is 61.4 Å². The molecule has 1 aliphatic heterocycles. The van der Waals surface area contributed by atoms with Gasteiger partial charge in [0.1, 0.15) is 0 Å². The molecule has 1 N–H and O–H groups in total. The first-order valence-electron chi connectivity index (χ1n) is 6.70. The Morgan fingerprint density at radius 2 is 2.11 bits per heavy atom. The molecule has 3 nitrogen and oxygen atoms in total. The third-order valence-corrected chi connectivity index (χ3v) is 4.77. The van der Waals surface area contributed by atoms with E-state index in [2.05, 4.69) is 71.7 Å². The van der Waals surface area contributed by atoms with Crippen molar-refractivity contribution in [3.05, 3.63) is 28.2 Å². The highest BCUT2D eigenvalue weighted by Gasteiger charge is 2.37. The van der Waals surface area contributed by atoms with Crippen molar-refractivity contribution in [2.75, 3.05) is 31.6 Å². The molecule has 1 heterocycles. The molecule has 0 aromatic heterocycles. The van der Waals surface area contributed by atoms with E-state index in [1.54, 1.807) is 0 Å². The van der Waals surface area contributed by atoms with Crippen LogP contribution >= 0.6 is 15.9 Å². The Morgan fingerprint density at radius 1 is 1.42 bits per heavy atom. The summed E-state index contributed by atoms with van der Waals surface area (Å²) in [6, 6.07) is 6.55. The normalized spacial score (nSPS) is 23.7. The second-order valence-electron chi connectivity index (χ2n) is 6.11. The maximum absolute atomic E-state index is 9.67. The number of rotatable bonds is 2. The van der Waals surface area contributed by atoms with E-state index in [9.17, 15) is 5.11 Å². The first-order valence-corrected chi connectivity index (χ1v) is 7.49. The van der Waals surface area contributed by atoms with Crippen LogP contribution in [0.15, 0.2) is 22.7 Å². The number of aryl methyl sites for hydroxylation is 1. The summed E-state index contributed by atoms with van der Waals surface area (Å²) < 4.78 is 1.10. The van der Waals surface area contributed by atoms with Crippen molar-refractivity contribution in [3.63, 3.8) is 0 Å². The lowest BCUT2D eigenvalue weighted by atomic mass is 9.95. The number of halogens is 1. The number of aliphatic hydroxyl groups is 1. The summed E-state index contributed by atoms with van der Waals surface area (Å²) in [6.45, 7) is 8.55. The molecule has 1 aromatic carbocycles. The van der Waals surface area contributed by atoms with Gasteiger partial charge >= 0.3 is 0 Å². The number of likely N-dealkylation sites (N-methyl/N-ethyl adjacent to an activating group) is 1. The number of hydrogen-bond acceptors (Lipinski definition) is 3. The van der Waals surface area contributed by atoms with Gasteiger partial charge in [0.05, 0.1) is 18.3 Å². The maximum Gasteiger partial charge on any atom is 0.0649 e. The Hall–Kier alpha value is -0.580. The Morgan fingerprint density at radius 3 is 2.68 bits per heavy atom. The highest BCUT2D eigenvalue weighted by atomic mass is 79.9. The molecular weight excluding hydrogens is 304 g/mol. The minimum Gasteiger partial charge on any atom is -0.394 e. The SMILES string of the molecule is Cc1ccc(N2CC(C)(C)N(C)CC2CO)c(Br)c1. The summed E-state index contributed by atoms with van der Waals surface area (Å²) in [4.78, 5) is 4.65. The molecule has 106 valence electrons. The van der Waals surface area contributed by atoms with Crippen molar-refractivity contribution >= 4 is 21.6 Å². The number of aliphatic hydroxyl groups excluding tert-OH is 1. The summed E-state index contributed by atoms with van der Waals surface area (Å²) >= 11 is 3.66. The molecule has 0 saturated carbocycles. The average molecular weight is 327 g/mol. The van der Waals surface area contributed by atoms with E-state index in [1.165, 1.54) is 11.3 Å². The minimum atomic E-state index is 0.107. The number of piperazine rings is 1. The number of hydrogen-bond donors (Lipinski definition) is 1.